The summed E-state index contributed by atoms with van der Waals surface area (Å²) in [5, 5.41) is 0. The van der Waals surface area contributed by atoms with E-state index in [-0.39, 0.29) is 6.67 Å². The van der Waals surface area contributed by atoms with Gasteiger partial charge in [-0.15, -0.1) is 0 Å². The van der Waals surface area contributed by atoms with Crippen molar-refractivity contribution < 1.29 is 13.2 Å². The van der Waals surface area contributed by atoms with Crippen molar-refractivity contribution >= 4 is 0 Å². The maximum Gasteiger partial charge on any atom is 0.159 e. The first-order chi connectivity index (χ1) is 9.69. The number of aryl methyl sites for hydroxylation is 1. The molecule has 1 nitrogen and oxygen atoms in total. The van der Waals surface area contributed by atoms with Crippen LogP contribution in [-0.2, 0) is 6.42 Å². The lowest BCUT2D eigenvalue weighted by atomic mass is 9.91. The molecule has 0 unspecified atom stereocenters. The normalized spacial score (nSPS) is 20.2. The Bertz CT molecular complexity index is 422. The average Bonchev–Trinajstić information content (AvgIpc) is 2.47. The second-order valence-corrected chi connectivity index (χ2v) is 5.64. The van der Waals surface area contributed by atoms with E-state index in [1.54, 1.807) is 6.07 Å². The van der Waals surface area contributed by atoms with Gasteiger partial charge in [-0.3, -0.25) is 4.39 Å². The molecule has 0 aromatic heterocycles. The van der Waals surface area contributed by atoms with Gasteiger partial charge in [0.2, 0.25) is 0 Å². The molecule has 1 aliphatic rings. The zero-order valence-electron chi connectivity index (χ0n) is 11.8. The molecule has 2 rings (SSSR count). The highest BCUT2D eigenvalue weighted by Gasteiger charge is 2.19. The van der Waals surface area contributed by atoms with Crippen LogP contribution in [-0.4, -0.2) is 31.2 Å². The molecule has 1 fully saturated rings. The van der Waals surface area contributed by atoms with E-state index in [1.165, 1.54) is 18.6 Å². The first-order valence-electron chi connectivity index (χ1n) is 7.41. The van der Waals surface area contributed by atoms with E-state index in [4.69, 9.17) is 0 Å². The predicted octanol–water partition coefficient (Wildman–Crippen LogP) is 3.97. The molecule has 1 atom stereocenters. The van der Waals surface area contributed by atoms with Crippen molar-refractivity contribution in [3.05, 3.63) is 35.4 Å². The highest BCUT2D eigenvalue weighted by Crippen LogP contribution is 2.22. The van der Waals surface area contributed by atoms with Gasteiger partial charge >= 0.3 is 0 Å². The van der Waals surface area contributed by atoms with Gasteiger partial charge in [-0.1, -0.05) is 6.07 Å². The van der Waals surface area contributed by atoms with Crippen molar-refractivity contribution in [3.63, 3.8) is 0 Å². The summed E-state index contributed by atoms with van der Waals surface area (Å²) in [4.78, 5) is 2.32. The van der Waals surface area contributed by atoms with Crippen molar-refractivity contribution in [2.24, 2.45) is 5.92 Å². The van der Waals surface area contributed by atoms with E-state index < -0.39 is 11.6 Å². The van der Waals surface area contributed by atoms with Crippen LogP contribution in [0.2, 0.25) is 0 Å². The molecule has 0 aliphatic carbocycles. The molecular weight excluding hydrogens is 263 g/mol. The monoisotopic (exact) mass is 285 g/mol. The molecule has 1 heterocycles. The van der Waals surface area contributed by atoms with E-state index in [2.05, 4.69) is 4.90 Å². The van der Waals surface area contributed by atoms with E-state index >= 15 is 0 Å². The number of nitrogens with zero attached hydrogens (tertiary/aromatic N) is 1. The Balaban J connectivity index is 1.79. The first kappa shape index (κ1) is 15.4. The Labute approximate surface area is 118 Å². The minimum absolute atomic E-state index is 0.254. The third-order valence-corrected chi connectivity index (χ3v) is 4.04. The number of hydrogen-bond acceptors (Lipinski definition) is 1. The Morgan fingerprint density at radius 3 is 2.80 bits per heavy atom. The molecular formula is C16H22F3N. The number of benzene rings is 1. The first-order valence-corrected chi connectivity index (χ1v) is 7.41. The topological polar surface area (TPSA) is 3.24 Å². The van der Waals surface area contributed by atoms with Crippen LogP contribution in [0.1, 0.15) is 31.2 Å². The minimum Gasteiger partial charge on any atom is -0.303 e. The lowest BCUT2D eigenvalue weighted by Crippen LogP contribution is -2.36. The maximum atomic E-state index is 13.1. The van der Waals surface area contributed by atoms with Gasteiger partial charge in [-0.25, -0.2) is 8.78 Å². The molecule has 0 amide bonds. The summed E-state index contributed by atoms with van der Waals surface area (Å²) in [6.45, 7) is 2.64. The molecule has 0 radical (unpaired) electrons. The van der Waals surface area contributed by atoms with Gasteiger partial charge in [0.1, 0.15) is 0 Å². The molecule has 0 N–H and O–H groups in total. The second kappa shape index (κ2) is 7.67. The van der Waals surface area contributed by atoms with E-state index in [1.807, 2.05) is 0 Å². The molecule has 1 aliphatic heterocycles. The second-order valence-electron chi connectivity index (χ2n) is 5.64. The van der Waals surface area contributed by atoms with Crippen LogP contribution in [0.5, 0.6) is 0 Å². The Morgan fingerprint density at radius 2 is 2.05 bits per heavy atom. The Kier molecular flexibility index (Phi) is 5.89. The summed E-state index contributed by atoms with van der Waals surface area (Å²) in [7, 11) is 0. The Morgan fingerprint density at radius 1 is 1.20 bits per heavy atom. The summed E-state index contributed by atoms with van der Waals surface area (Å²) in [5.41, 5.74) is 0.852. The molecule has 1 aromatic carbocycles. The van der Waals surface area contributed by atoms with Crippen molar-refractivity contribution in [1.29, 1.82) is 0 Å². The van der Waals surface area contributed by atoms with Crippen molar-refractivity contribution in [1.82, 2.24) is 4.90 Å². The van der Waals surface area contributed by atoms with E-state index in [9.17, 15) is 13.2 Å². The fraction of sp³-hybridized carbons (Fsp3) is 0.625. The molecule has 0 spiro atoms. The average molecular weight is 285 g/mol. The highest BCUT2D eigenvalue weighted by atomic mass is 19.2. The molecule has 112 valence electrons. The molecule has 0 saturated carbocycles. The summed E-state index contributed by atoms with van der Waals surface area (Å²) in [5.74, 6) is -0.976. The lowest BCUT2D eigenvalue weighted by molar-refractivity contribution is 0.163. The zero-order valence-corrected chi connectivity index (χ0v) is 11.8. The van der Waals surface area contributed by atoms with Crippen LogP contribution in [0, 0.1) is 17.6 Å². The van der Waals surface area contributed by atoms with Crippen molar-refractivity contribution in [2.45, 2.75) is 32.1 Å². The van der Waals surface area contributed by atoms with Crippen LogP contribution in [0.25, 0.3) is 0 Å². The SMILES string of the molecule is FCCCN1CCC[C@@H](CCc2ccc(F)c(F)c2)C1. The highest BCUT2D eigenvalue weighted by molar-refractivity contribution is 5.17. The maximum absolute atomic E-state index is 13.1. The zero-order chi connectivity index (χ0) is 14.4. The fourth-order valence-corrected chi connectivity index (χ4v) is 2.94. The summed E-state index contributed by atoms with van der Waals surface area (Å²) < 4.78 is 38.2. The summed E-state index contributed by atoms with van der Waals surface area (Å²) >= 11 is 0. The number of likely N-dealkylation sites (tertiary alicyclic amines) is 1. The van der Waals surface area contributed by atoms with Gasteiger partial charge in [0, 0.05) is 13.1 Å². The quantitative estimate of drug-likeness (QED) is 0.764. The van der Waals surface area contributed by atoms with Gasteiger partial charge in [0.05, 0.1) is 6.67 Å². The third kappa shape index (κ3) is 4.51. The van der Waals surface area contributed by atoms with Crippen LogP contribution >= 0.6 is 0 Å². The van der Waals surface area contributed by atoms with Gasteiger partial charge < -0.3 is 4.90 Å². The van der Waals surface area contributed by atoms with Gasteiger partial charge in [0.25, 0.3) is 0 Å². The third-order valence-electron chi connectivity index (χ3n) is 4.04. The number of halogens is 3. The molecule has 4 heteroatoms. The number of piperidine rings is 1. The molecule has 20 heavy (non-hydrogen) atoms. The van der Waals surface area contributed by atoms with E-state index in [0.29, 0.717) is 12.3 Å². The van der Waals surface area contributed by atoms with Gasteiger partial charge in [0.15, 0.2) is 11.6 Å². The van der Waals surface area contributed by atoms with Crippen molar-refractivity contribution in [2.75, 3.05) is 26.3 Å². The largest absolute Gasteiger partial charge is 0.303 e. The van der Waals surface area contributed by atoms with Gasteiger partial charge in [-0.05, 0) is 62.3 Å². The van der Waals surface area contributed by atoms with E-state index in [0.717, 1.165) is 44.5 Å². The molecule has 1 aromatic rings. The van der Waals surface area contributed by atoms with Crippen LogP contribution in [0.3, 0.4) is 0 Å². The smallest absolute Gasteiger partial charge is 0.159 e. The lowest BCUT2D eigenvalue weighted by Gasteiger charge is -2.32. The number of rotatable bonds is 6. The summed E-state index contributed by atoms with van der Waals surface area (Å²) in [6.07, 6.45) is 4.69. The molecule has 1 saturated heterocycles. The Hall–Kier alpha value is -1.03. The van der Waals surface area contributed by atoms with Crippen LogP contribution < -0.4 is 0 Å². The number of alkyl halides is 1. The van der Waals surface area contributed by atoms with Gasteiger partial charge in [-0.2, -0.15) is 0 Å². The molecule has 0 bridgehead atoms. The van der Waals surface area contributed by atoms with Crippen molar-refractivity contribution in [3.8, 4) is 0 Å². The number of hydrogen-bond donors (Lipinski definition) is 0. The summed E-state index contributed by atoms with van der Waals surface area (Å²) in [6, 6.07) is 4.14. The predicted molar refractivity (Wildman–Crippen MR) is 74.4 cm³/mol. The standard InChI is InChI=1S/C16H22F3N/c17-8-2-10-20-9-1-3-14(12-20)5-4-13-6-7-15(18)16(19)11-13/h6-7,11,14H,1-5,8-10,12H2/t14-/m0/s1. The van der Waals surface area contributed by atoms with Crippen LogP contribution in [0.4, 0.5) is 13.2 Å². The van der Waals surface area contributed by atoms with Crippen LogP contribution in [0.15, 0.2) is 18.2 Å². The minimum atomic E-state index is -0.788. The fourth-order valence-electron chi connectivity index (χ4n) is 2.94.